The van der Waals surface area contributed by atoms with Crippen molar-refractivity contribution >= 4 is 28.9 Å². The van der Waals surface area contributed by atoms with E-state index in [1.165, 1.54) is 18.2 Å². The topological polar surface area (TPSA) is 64.9 Å². The predicted octanol–water partition coefficient (Wildman–Crippen LogP) is 2.82. The maximum Gasteiger partial charge on any atom is 0.260 e. The summed E-state index contributed by atoms with van der Waals surface area (Å²) in [5.41, 5.74) is 1.05. The number of nitrogens with one attached hydrogen (secondary N) is 2. The molecule has 0 aromatic heterocycles. The monoisotopic (exact) mass is 299 g/mol. The lowest BCUT2D eigenvalue weighted by molar-refractivity contribution is 0.0974. The van der Waals surface area contributed by atoms with Gasteiger partial charge in [-0.1, -0.05) is 12.1 Å². The Bertz CT molecular complexity index is 722. The van der Waals surface area contributed by atoms with Crippen LogP contribution in [0.5, 0.6) is 0 Å². The number of hydrogen-bond donors (Lipinski definition) is 2. The first-order chi connectivity index (χ1) is 10.1. The highest BCUT2D eigenvalue weighted by atomic mass is 32.1. The molecule has 0 aliphatic rings. The fourth-order valence-corrected chi connectivity index (χ4v) is 1.82. The molecule has 0 fully saturated rings. The number of anilines is 1. The first-order valence-corrected chi connectivity index (χ1v) is 6.38. The zero-order valence-corrected chi connectivity index (χ0v) is 11.6. The predicted molar refractivity (Wildman–Crippen MR) is 81.2 cm³/mol. The van der Waals surface area contributed by atoms with Gasteiger partial charge in [-0.3, -0.25) is 10.1 Å². The number of benzene rings is 2. The molecule has 0 saturated heterocycles. The number of nitriles is 1. The summed E-state index contributed by atoms with van der Waals surface area (Å²) in [4.78, 5) is 11.8. The van der Waals surface area contributed by atoms with Gasteiger partial charge in [0.15, 0.2) is 5.11 Å². The molecular formula is C15H10FN3OS. The van der Waals surface area contributed by atoms with Gasteiger partial charge in [-0.2, -0.15) is 5.26 Å². The van der Waals surface area contributed by atoms with E-state index in [1.807, 2.05) is 6.07 Å². The van der Waals surface area contributed by atoms with E-state index in [4.69, 9.17) is 17.5 Å². The average Bonchev–Trinajstić information content (AvgIpc) is 2.48. The van der Waals surface area contributed by atoms with E-state index in [9.17, 15) is 9.18 Å². The Morgan fingerprint density at radius 3 is 2.43 bits per heavy atom. The molecule has 0 aliphatic heterocycles. The Labute approximate surface area is 126 Å². The molecule has 0 heterocycles. The van der Waals surface area contributed by atoms with E-state index >= 15 is 0 Å². The maximum absolute atomic E-state index is 13.4. The summed E-state index contributed by atoms with van der Waals surface area (Å²) in [6, 6.07) is 14.2. The summed E-state index contributed by atoms with van der Waals surface area (Å²) in [6.45, 7) is 0. The van der Waals surface area contributed by atoms with Crippen LogP contribution in [0, 0.1) is 17.1 Å². The summed E-state index contributed by atoms with van der Waals surface area (Å²) in [7, 11) is 0. The Balaban J connectivity index is 2.00. The molecule has 21 heavy (non-hydrogen) atoms. The van der Waals surface area contributed by atoms with Gasteiger partial charge in [0.05, 0.1) is 17.2 Å². The van der Waals surface area contributed by atoms with Crippen molar-refractivity contribution in [2.24, 2.45) is 0 Å². The number of halogens is 1. The van der Waals surface area contributed by atoms with Crippen LogP contribution in [0.3, 0.4) is 0 Å². The summed E-state index contributed by atoms with van der Waals surface area (Å²) >= 11 is 4.99. The molecule has 2 aromatic rings. The molecule has 2 rings (SSSR count). The van der Waals surface area contributed by atoms with E-state index in [0.29, 0.717) is 11.3 Å². The Hall–Kier alpha value is -2.78. The SMILES string of the molecule is N#Cc1ccc(NC(=S)NC(=O)c2ccccc2F)cc1. The third-order valence-electron chi connectivity index (χ3n) is 2.62. The smallest absolute Gasteiger partial charge is 0.260 e. The molecule has 6 heteroatoms. The van der Waals surface area contributed by atoms with Gasteiger partial charge in [0, 0.05) is 5.69 Å². The van der Waals surface area contributed by atoms with Crippen molar-refractivity contribution < 1.29 is 9.18 Å². The molecule has 0 bridgehead atoms. The Morgan fingerprint density at radius 2 is 1.81 bits per heavy atom. The average molecular weight is 299 g/mol. The highest BCUT2D eigenvalue weighted by Gasteiger charge is 2.12. The van der Waals surface area contributed by atoms with Crippen molar-refractivity contribution in [3.63, 3.8) is 0 Å². The molecule has 2 aromatic carbocycles. The second-order valence-corrected chi connectivity index (χ2v) is 4.49. The minimum absolute atomic E-state index is 0.0490. The molecule has 1 amide bonds. The van der Waals surface area contributed by atoms with E-state index in [-0.39, 0.29) is 10.7 Å². The van der Waals surface area contributed by atoms with Crippen LogP contribution in [0.4, 0.5) is 10.1 Å². The van der Waals surface area contributed by atoms with Gasteiger partial charge in [0.1, 0.15) is 5.82 Å². The zero-order chi connectivity index (χ0) is 15.2. The van der Waals surface area contributed by atoms with E-state index in [0.717, 1.165) is 0 Å². The lowest BCUT2D eigenvalue weighted by Gasteiger charge is -2.09. The normalized spacial score (nSPS) is 9.52. The molecule has 2 N–H and O–H groups in total. The highest BCUT2D eigenvalue weighted by Crippen LogP contribution is 2.09. The number of amides is 1. The number of hydrogen-bond acceptors (Lipinski definition) is 3. The van der Waals surface area contributed by atoms with Crippen LogP contribution in [0.2, 0.25) is 0 Å². The van der Waals surface area contributed by atoms with Gasteiger partial charge in [-0.15, -0.1) is 0 Å². The lowest BCUT2D eigenvalue weighted by atomic mass is 10.2. The first-order valence-electron chi connectivity index (χ1n) is 5.97. The van der Waals surface area contributed by atoms with Crippen LogP contribution in [-0.2, 0) is 0 Å². The third kappa shape index (κ3) is 3.84. The van der Waals surface area contributed by atoms with Crippen molar-refractivity contribution in [3.05, 3.63) is 65.5 Å². The van der Waals surface area contributed by atoms with Crippen LogP contribution in [0.25, 0.3) is 0 Å². The molecule has 0 saturated carbocycles. The second-order valence-electron chi connectivity index (χ2n) is 4.08. The van der Waals surface area contributed by atoms with Crippen LogP contribution in [0.15, 0.2) is 48.5 Å². The minimum Gasteiger partial charge on any atom is -0.332 e. The summed E-state index contributed by atoms with van der Waals surface area (Å²) < 4.78 is 13.4. The van der Waals surface area contributed by atoms with Gasteiger partial charge in [-0.05, 0) is 48.6 Å². The fourth-order valence-electron chi connectivity index (χ4n) is 1.61. The molecule has 0 radical (unpaired) electrons. The van der Waals surface area contributed by atoms with Crippen molar-refractivity contribution in [2.75, 3.05) is 5.32 Å². The molecule has 0 aliphatic carbocycles. The van der Waals surface area contributed by atoms with Crippen molar-refractivity contribution in [1.29, 1.82) is 5.26 Å². The van der Waals surface area contributed by atoms with E-state index in [1.54, 1.807) is 30.3 Å². The number of carbonyl (C=O) groups excluding carboxylic acids is 1. The van der Waals surface area contributed by atoms with E-state index < -0.39 is 11.7 Å². The van der Waals surface area contributed by atoms with Crippen molar-refractivity contribution in [2.45, 2.75) is 0 Å². The molecule has 104 valence electrons. The molecule has 0 unspecified atom stereocenters. The number of rotatable bonds is 2. The number of nitrogens with zero attached hydrogens (tertiary/aromatic N) is 1. The third-order valence-corrected chi connectivity index (χ3v) is 2.82. The van der Waals surface area contributed by atoms with E-state index in [2.05, 4.69) is 10.6 Å². The summed E-state index contributed by atoms with van der Waals surface area (Å²) in [5, 5.41) is 13.9. The molecule has 0 spiro atoms. The van der Waals surface area contributed by atoms with Gasteiger partial charge < -0.3 is 5.32 Å². The van der Waals surface area contributed by atoms with Gasteiger partial charge in [0.25, 0.3) is 5.91 Å². The van der Waals surface area contributed by atoms with Crippen LogP contribution in [-0.4, -0.2) is 11.0 Å². The largest absolute Gasteiger partial charge is 0.332 e. The van der Waals surface area contributed by atoms with Crippen LogP contribution < -0.4 is 10.6 Å². The fraction of sp³-hybridized carbons (Fsp3) is 0. The second kappa shape index (κ2) is 6.59. The first kappa shape index (κ1) is 14.6. The summed E-state index contributed by atoms with van der Waals surface area (Å²) in [5.74, 6) is -1.24. The van der Waals surface area contributed by atoms with Gasteiger partial charge in [0.2, 0.25) is 0 Å². The number of thiocarbonyl (C=S) groups is 1. The quantitative estimate of drug-likeness (QED) is 0.837. The van der Waals surface area contributed by atoms with Crippen LogP contribution >= 0.6 is 12.2 Å². The Morgan fingerprint density at radius 1 is 1.14 bits per heavy atom. The zero-order valence-electron chi connectivity index (χ0n) is 10.8. The van der Waals surface area contributed by atoms with Gasteiger partial charge in [-0.25, -0.2) is 4.39 Å². The van der Waals surface area contributed by atoms with Gasteiger partial charge >= 0.3 is 0 Å². The van der Waals surface area contributed by atoms with Crippen LogP contribution in [0.1, 0.15) is 15.9 Å². The summed E-state index contributed by atoms with van der Waals surface area (Å²) in [6.07, 6.45) is 0. The molecule has 0 atom stereocenters. The lowest BCUT2D eigenvalue weighted by Crippen LogP contribution is -2.34. The van der Waals surface area contributed by atoms with Crippen molar-refractivity contribution in [3.8, 4) is 6.07 Å². The highest BCUT2D eigenvalue weighted by molar-refractivity contribution is 7.80. The maximum atomic E-state index is 13.4. The standard InChI is InChI=1S/C15H10FN3OS/c16-13-4-2-1-3-12(13)14(20)19-15(21)18-11-7-5-10(9-17)6-8-11/h1-8H,(H2,18,19,20,21). The minimum atomic E-state index is -0.626. The number of carbonyl (C=O) groups is 1. The molecular weight excluding hydrogens is 289 g/mol. The molecule has 4 nitrogen and oxygen atoms in total. The Kier molecular flexibility index (Phi) is 4.59. The van der Waals surface area contributed by atoms with Crippen molar-refractivity contribution in [1.82, 2.24) is 5.32 Å².